The zero-order chi connectivity index (χ0) is 20.0. The molecule has 1 saturated heterocycles. The number of sulfonamides is 1. The Hall–Kier alpha value is -1.93. The minimum absolute atomic E-state index is 0.0204. The molecule has 0 saturated carbocycles. The number of carboxylic acid groups (broad SMARTS) is 1. The molecule has 0 aliphatic carbocycles. The van der Waals surface area contributed by atoms with Gasteiger partial charge in [-0.3, -0.25) is 9.59 Å². The lowest BCUT2D eigenvalue weighted by molar-refractivity contribution is -0.137. The molecular weight excluding hydrogens is 368 g/mol. The van der Waals surface area contributed by atoms with Crippen LogP contribution < -0.4 is 5.32 Å². The number of carbonyl (C=O) groups excluding carboxylic acids is 1. The van der Waals surface area contributed by atoms with Gasteiger partial charge in [-0.25, -0.2) is 8.42 Å². The summed E-state index contributed by atoms with van der Waals surface area (Å²) in [7, 11) is -3.55. The zero-order valence-corrected chi connectivity index (χ0v) is 16.7. The normalized spacial score (nSPS) is 16.4. The first kappa shape index (κ1) is 21.4. The monoisotopic (exact) mass is 396 g/mol. The second-order valence-corrected chi connectivity index (χ2v) is 9.13. The maximum atomic E-state index is 12.8. The number of hydrogen-bond acceptors (Lipinski definition) is 4. The van der Waals surface area contributed by atoms with Crippen LogP contribution >= 0.6 is 0 Å². The van der Waals surface area contributed by atoms with E-state index in [0.29, 0.717) is 44.8 Å². The van der Waals surface area contributed by atoms with E-state index >= 15 is 0 Å². The van der Waals surface area contributed by atoms with E-state index in [4.69, 9.17) is 5.11 Å². The Morgan fingerprint density at radius 1 is 1.19 bits per heavy atom. The van der Waals surface area contributed by atoms with Gasteiger partial charge in [-0.1, -0.05) is 26.0 Å². The quantitative estimate of drug-likeness (QED) is 0.656. The van der Waals surface area contributed by atoms with Gasteiger partial charge in [0, 0.05) is 32.0 Å². The van der Waals surface area contributed by atoms with Crippen LogP contribution in [0, 0.1) is 5.92 Å². The molecule has 7 nitrogen and oxygen atoms in total. The summed E-state index contributed by atoms with van der Waals surface area (Å²) >= 11 is 0. The molecule has 8 heteroatoms. The smallest absolute Gasteiger partial charge is 0.303 e. The van der Waals surface area contributed by atoms with E-state index in [-0.39, 0.29) is 23.1 Å². The third-order valence-electron chi connectivity index (χ3n) is 4.88. The van der Waals surface area contributed by atoms with Crippen molar-refractivity contribution in [2.24, 2.45) is 5.92 Å². The summed E-state index contributed by atoms with van der Waals surface area (Å²) in [5, 5.41) is 11.3. The number of nitrogens with zero attached hydrogens (tertiary/aromatic N) is 1. The number of benzene rings is 1. The van der Waals surface area contributed by atoms with E-state index < -0.39 is 16.0 Å². The number of rotatable bonds is 8. The molecule has 2 rings (SSSR count). The predicted octanol–water partition coefficient (Wildman–Crippen LogP) is 2.19. The maximum Gasteiger partial charge on any atom is 0.303 e. The summed E-state index contributed by atoms with van der Waals surface area (Å²) in [5.41, 5.74) is 1.09. The van der Waals surface area contributed by atoms with Crippen molar-refractivity contribution in [3.63, 3.8) is 0 Å². The average molecular weight is 397 g/mol. The fourth-order valence-electron chi connectivity index (χ4n) is 3.13. The van der Waals surface area contributed by atoms with E-state index in [1.807, 2.05) is 12.1 Å². The van der Waals surface area contributed by atoms with Crippen LogP contribution in [0.15, 0.2) is 29.2 Å². The van der Waals surface area contributed by atoms with Crippen molar-refractivity contribution >= 4 is 21.9 Å². The largest absolute Gasteiger partial charge is 0.481 e. The van der Waals surface area contributed by atoms with Crippen LogP contribution in [0.2, 0.25) is 0 Å². The maximum absolute atomic E-state index is 12.8. The summed E-state index contributed by atoms with van der Waals surface area (Å²) in [6, 6.07) is 6.97. The Kier molecular flexibility index (Phi) is 7.38. The average Bonchev–Trinajstić information content (AvgIpc) is 2.65. The van der Waals surface area contributed by atoms with Crippen LogP contribution in [-0.2, 0) is 19.6 Å². The summed E-state index contributed by atoms with van der Waals surface area (Å²) < 4.78 is 27.0. The molecule has 1 aromatic rings. The summed E-state index contributed by atoms with van der Waals surface area (Å²) in [4.78, 5) is 22.9. The molecule has 0 atom stereocenters. The highest BCUT2D eigenvalue weighted by Crippen LogP contribution is 2.25. The molecule has 1 aromatic carbocycles. The number of amides is 1. The highest BCUT2D eigenvalue weighted by molar-refractivity contribution is 7.89. The predicted molar refractivity (Wildman–Crippen MR) is 102 cm³/mol. The third-order valence-corrected chi connectivity index (χ3v) is 6.79. The first-order valence-corrected chi connectivity index (χ1v) is 10.8. The Morgan fingerprint density at radius 3 is 2.30 bits per heavy atom. The number of nitrogens with one attached hydrogen (secondary N) is 1. The molecule has 0 spiro atoms. The molecule has 0 aromatic heterocycles. The van der Waals surface area contributed by atoms with Crippen molar-refractivity contribution in [3.8, 4) is 0 Å². The van der Waals surface area contributed by atoms with E-state index in [9.17, 15) is 18.0 Å². The highest BCUT2D eigenvalue weighted by atomic mass is 32.2. The molecule has 0 radical (unpaired) electrons. The van der Waals surface area contributed by atoms with Gasteiger partial charge in [0.15, 0.2) is 0 Å². The van der Waals surface area contributed by atoms with Crippen molar-refractivity contribution in [2.45, 2.75) is 50.3 Å². The van der Waals surface area contributed by atoms with Gasteiger partial charge in [0.2, 0.25) is 15.9 Å². The zero-order valence-electron chi connectivity index (χ0n) is 15.8. The Bertz CT molecular complexity index is 751. The van der Waals surface area contributed by atoms with Gasteiger partial charge in [0.05, 0.1) is 4.90 Å². The molecule has 150 valence electrons. The van der Waals surface area contributed by atoms with Gasteiger partial charge in [0.25, 0.3) is 0 Å². The first-order valence-electron chi connectivity index (χ1n) is 9.31. The molecule has 1 aliphatic heterocycles. The number of aliphatic carboxylic acids is 1. The van der Waals surface area contributed by atoms with Crippen molar-refractivity contribution in [1.82, 2.24) is 9.62 Å². The highest BCUT2D eigenvalue weighted by Gasteiger charge is 2.32. The van der Waals surface area contributed by atoms with E-state index in [1.54, 1.807) is 12.1 Å². The van der Waals surface area contributed by atoms with Crippen molar-refractivity contribution in [1.29, 1.82) is 0 Å². The van der Waals surface area contributed by atoms with Crippen molar-refractivity contribution in [2.75, 3.05) is 19.6 Å². The van der Waals surface area contributed by atoms with Crippen LogP contribution in [0.4, 0.5) is 0 Å². The Balaban J connectivity index is 1.88. The van der Waals surface area contributed by atoms with E-state index in [1.165, 1.54) is 4.31 Å². The number of carbonyl (C=O) groups is 2. The molecule has 27 heavy (non-hydrogen) atoms. The molecule has 2 N–H and O–H groups in total. The lowest BCUT2D eigenvalue weighted by Crippen LogP contribution is -2.43. The minimum atomic E-state index is -3.55. The van der Waals surface area contributed by atoms with Crippen molar-refractivity contribution < 1.29 is 23.1 Å². The van der Waals surface area contributed by atoms with Crippen molar-refractivity contribution in [3.05, 3.63) is 29.8 Å². The first-order chi connectivity index (χ1) is 12.7. The topological polar surface area (TPSA) is 104 Å². The fraction of sp³-hybridized carbons (Fsp3) is 0.579. The SMILES string of the molecule is CC(C)c1ccc(S(=O)(=O)N2CCC(C(=O)NCCCC(=O)O)CC2)cc1. The van der Waals surface area contributed by atoms with E-state index in [2.05, 4.69) is 19.2 Å². The van der Waals surface area contributed by atoms with Gasteiger partial charge in [-0.2, -0.15) is 4.31 Å². The fourth-order valence-corrected chi connectivity index (χ4v) is 4.60. The van der Waals surface area contributed by atoms with Crippen LogP contribution in [-0.4, -0.2) is 49.3 Å². The lowest BCUT2D eigenvalue weighted by atomic mass is 9.97. The van der Waals surface area contributed by atoms with Gasteiger partial charge >= 0.3 is 5.97 Å². The molecule has 1 aliphatic rings. The van der Waals surface area contributed by atoms with Crippen LogP contribution in [0.1, 0.15) is 51.0 Å². The summed E-state index contributed by atoms with van der Waals surface area (Å²) in [6.45, 7) is 5.05. The third kappa shape index (κ3) is 5.77. The van der Waals surface area contributed by atoms with Crippen LogP contribution in [0.5, 0.6) is 0 Å². The minimum Gasteiger partial charge on any atom is -0.481 e. The summed E-state index contributed by atoms with van der Waals surface area (Å²) in [5.74, 6) is -0.904. The Morgan fingerprint density at radius 2 is 1.78 bits per heavy atom. The van der Waals surface area contributed by atoms with Crippen LogP contribution in [0.3, 0.4) is 0 Å². The van der Waals surface area contributed by atoms with Gasteiger partial charge in [-0.05, 0) is 42.9 Å². The molecule has 1 fully saturated rings. The standard InChI is InChI=1S/C19H28N2O5S/c1-14(2)15-5-7-17(8-6-15)27(25,26)21-12-9-16(10-13-21)19(24)20-11-3-4-18(22)23/h5-8,14,16H,3-4,9-13H2,1-2H3,(H,20,24)(H,22,23). The lowest BCUT2D eigenvalue weighted by Gasteiger charge is -2.30. The number of hydrogen-bond donors (Lipinski definition) is 2. The molecule has 1 amide bonds. The van der Waals surface area contributed by atoms with Gasteiger partial charge in [-0.15, -0.1) is 0 Å². The van der Waals surface area contributed by atoms with E-state index in [0.717, 1.165) is 5.56 Å². The molecule has 1 heterocycles. The number of piperidine rings is 1. The molecule has 0 unspecified atom stereocenters. The van der Waals surface area contributed by atoms with Crippen LogP contribution in [0.25, 0.3) is 0 Å². The molecular formula is C19H28N2O5S. The second-order valence-electron chi connectivity index (χ2n) is 7.19. The summed E-state index contributed by atoms with van der Waals surface area (Å²) in [6.07, 6.45) is 1.34. The van der Waals surface area contributed by atoms with Gasteiger partial charge in [0.1, 0.15) is 0 Å². The number of carboxylic acids is 1. The Labute approximate surface area is 160 Å². The molecule has 0 bridgehead atoms. The second kappa shape index (κ2) is 9.32. The van der Waals surface area contributed by atoms with Gasteiger partial charge < -0.3 is 10.4 Å².